The Labute approximate surface area is 160 Å². The van der Waals surface area contributed by atoms with Gasteiger partial charge in [0, 0.05) is 36.6 Å². The molecule has 1 aromatic carbocycles. The van der Waals surface area contributed by atoms with Gasteiger partial charge in [-0.25, -0.2) is 4.98 Å². The Morgan fingerprint density at radius 2 is 1.92 bits per heavy atom. The lowest BCUT2D eigenvalue weighted by molar-refractivity contribution is 0.686. The van der Waals surface area contributed by atoms with Crippen molar-refractivity contribution >= 4 is 34.4 Å². The first-order valence-corrected chi connectivity index (χ1v) is 9.61. The van der Waals surface area contributed by atoms with Crippen LogP contribution in [0.2, 0.25) is 5.02 Å². The molecule has 6 nitrogen and oxygen atoms in total. The molecule has 0 bridgehead atoms. The van der Waals surface area contributed by atoms with Crippen molar-refractivity contribution < 1.29 is 0 Å². The summed E-state index contributed by atoms with van der Waals surface area (Å²) in [4.78, 5) is 8.76. The molecule has 0 amide bonds. The standard InChI is InChI=1S/C18H17ClN6S/c1-3-25-17(12-6-8-20-9-7-12)22-23-18(25)26-11-16-21-14-10-13(19)4-5-15(14)24(16)2/h4-10H,3,11H2,1-2H3. The second kappa shape index (κ2) is 7.09. The van der Waals surface area contributed by atoms with Crippen molar-refractivity contribution in [2.75, 3.05) is 0 Å². The third-order valence-electron chi connectivity index (χ3n) is 4.24. The van der Waals surface area contributed by atoms with Crippen LogP contribution >= 0.6 is 23.4 Å². The number of imidazole rings is 1. The van der Waals surface area contributed by atoms with Gasteiger partial charge in [0.1, 0.15) is 5.82 Å². The Morgan fingerprint density at radius 1 is 1.12 bits per heavy atom. The molecule has 3 aromatic heterocycles. The van der Waals surface area contributed by atoms with E-state index in [-0.39, 0.29) is 0 Å². The zero-order chi connectivity index (χ0) is 18.1. The first-order valence-electron chi connectivity index (χ1n) is 8.24. The van der Waals surface area contributed by atoms with Crippen molar-refractivity contribution in [3.05, 3.63) is 53.6 Å². The number of thioether (sulfide) groups is 1. The first-order chi connectivity index (χ1) is 12.7. The van der Waals surface area contributed by atoms with Crippen LogP contribution in [0.1, 0.15) is 12.7 Å². The molecule has 0 aliphatic heterocycles. The monoisotopic (exact) mass is 384 g/mol. The summed E-state index contributed by atoms with van der Waals surface area (Å²) in [6.45, 7) is 2.89. The molecule has 0 N–H and O–H groups in total. The molecule has 0 fully saturated rings. The van der Waals surface area contributed by atoms with E-state index in [1.165, 1.54) is 0 Å². The molecule has 0 unspecified atom stereocenters. The number of aryl methyl sites for hydroxylation is 1. The third kappa shape index (κ3) is 3.08. The zero-order valence-electron chi connectivity index (χ0n) is 14.4. The van der Waals surface area contributed by atoms with Gasteiger partial charge in [0.2, 0.25) is 0 Å². The van der Waals surface area contributed by atoms with E-state index in [1.54, 1.807) is 24.2 Å². The van der Waals surface area contributed by atoms with Crippen LogP contribution in [0.25, 0.3) is 22.4 Å². The van der Waals surface area contributed by atoms with Crippen molar-refractivity contribution in [1.29, 1.82) is 0 Å². The van der Waals surface area contributed by atoms with Gasteiger partial charge in [-0.15, -0.1) is 10.2 Å². The summed E-state index contributed by atoms with van der Waals surface area (Å²) in [5.74, 6) is 2.54. The summed E-state index contributed by atoms with van der Waals surface area (Å²) >= 11 is 7.70. The highest BCUT2D eigenvalue weighted by Gasteiger charge is 2.15. The lowest BCUT2D eigenvalue weighted by Crippen LogP contribution is -2.01. The fourth-order valence-corrected chi connectivity index (χ4v) is 4.03. The van der Waals surface area contributed by atoms with Gasteiger partial charge in [0.05, 0.1) is 16.8 Å². The summed E-state index contributed by atoms with van der Waals surface area (Å²) in [5, 5.41) is 10.3. The number of fused-ring (bicyclic) bond motifs is 1. The fraction of sp³-hybridized carbons (Fsp3) is 0.222. The van der Waals surface area contributed by atoms with Gasteiger partial charge < -0.3 is 9.13 Å². The van der Waals surface area contributed by atoms with Crippen molar-refractivity contribution in [2.24, 2.45) is 7.05 Å². The lowest BCUT2D eigenvalue weighted by Gasteiger charge is -2.07. The van der Waals surface area contributed by atoms with E-state index >= 15 is 0 Å². The summed E-state index contributed by atoms with van der Waals surface area (Å²) in [5.41, 5.74) is 2.99. The molecule has 132 valence electrons. The second-order valence-corrected chi connectivity index (χ2v) is 7.17. The average molecular weight is 385 g/mol. The number of hydrogen-bond acceptors (Lipinski definition) is 5. The van der Waals surface area contributed by atoms with Crippen molar-refractivity contribution in [2.45, 2.75) is 24.4 Å². The summed E-state index contributed by atoms with van der Waals surface area (Å²) < 4.78 is 4.20. The number of halogens is 1. The number of hydrogen-bond donors (Lipinski definition) is 0. The van der Waals surface area contributed by atoms with Crippen molar-refractivity contribution in [3.8, 4) is 11.4 Å². The van der Waals surface area contributed by atoms with Gasteiger partial charge in [-0.05, 0) is 37.3 Å². The van der Waals surface area contributed by atoms with E-state index in [0.717, 1.165) is 39.9 Å². The largest absolute Gasteiger partial charge is 0.330 e. The summed E-state index contributed by atoms with van der Waals surface area (Å²) in [7, 11) is 2.02. The van der Waals surface area contributed by atoms with Crippen LogP contribution in [0.3, 0.4) is 0 Å². The topological polar surface area (TPSA) is 61.4 Å². The molecule has 0 saturated heterocycles. The second-order valence-electron chi connectivity index (χ2n) is 5.80. The van der Waals surface area contributed by atoms with E-state index in [9.17, 15) is 0 Å². The lowest BCUT2D eigenvalue weighted by atomic mass is 10.2. The van der Waals surface area contributed by atoms with Crippen LogP contribution in [-0.2, 0) is 19.3 Å². The molecule has 0 radical (unpaired) electrons. The van der Waals surface area contributed by atoms with Crippen molar-refractivity contribution in [1.82, 2.24) is 29.3 Å². The van der Waals surface area contributed by atoms with E-state index < -0.39 is 0 Å². The predicted octanol–water partition coefficient (Wildman–Crippen LogP) is 4.19. The summed E-state index contributed by atoms with van der Waals surface area (Å²) in [6.07, 6.45) is 3.53. The van der Waals surface area contributed by atoms with Crippen LogP contribution in [0.5, 0.6) is 0 Å². The number of pyridine rings is 1. The Hall–Kier alpha value is -2.38. The van der Waals surface area contributed by atoms with E-state index in [0.29, 0.717) is 10.8 Å². The minimum atomic E-state index is 0.697. The van der Waals surface area contributed by atoms with E-state index in [1.807, 2.05) is 37.4 Å². The fourth-order valence-electron chi connectivity index (χ4n) is 2.88. The molecule has 8 heteroatoms. The Morgan fingerprint density at radius 3 is 2.69 bits per heavy atom. The Bertz CT molecular complexity index is 1060. The normalized spacial score (nSPS) is 11.3. The predicted molar refractivity (Wildman–Crippen MR) is 104 cm³/mol. The maximum absolute atomic E-state index is 6.07. The Balaban J connectivity index is 1.61. The SMILES string of the molecule is CCn1c(SCc2nc3cc(Cl)ccc3n2C)nnc1-c1ccncc1. The Kier molecular flexibility index (Phi) is 4.65. The number of rotatable bonds is 5. The molecular weight excluding hydrogens is 368 g/mol. The quantitative estimate of drug-likeness (QED) is 0.483. The average Bonchev–Trinajstić information content (AvgIpc) is 3.21. The van der Waals surface area contributed by atoms with Gasteiger partial charge in [-0.3, -0.25) is 4.98 Å². The van der Waals surface area contributed by atoms with E-state index in [4.69, 9.17) is 16.6 Å². The van der Waals surface area contributed by atoms with Crippen LogP contribution in [0.15, 0.2) is 47.9 Å². The molecule has 3 heterocycles. The van der Waals surface area contributed by atoms with Gasteiger partial charge in [-0.2, -0.15) is 0 Å². The molecule has 0 saturated carbocycles. The molecule has 4 rings (SSSR count). The van der Waals surface area contributed by atoms with Crippen LogP contribution in [-0.4, -0.2) is 29.3 Å². The minimum Gasteiger partial charge on any atom is -0.330 e. The molecule has 26 heavy (non-hydrogen) atoms. The molecule has 0 aliphatic rings. The third-order valence-corrected chi connectivity index (χ3v) is 5.44. The molecule has 4 aromatic rings. The molecular formula is C18H17ClN6S. The van der Waals surface area contributed by atoms with Gasteiger partial charge in [0.15, 0.2) is 11.0 Å². The van der Waals surface area contributed by atoms with E-state index in [2.05, 4.69) is 31.2 Å². The molecule has 0 spiro atoms. The smallest absolute Gasteiger partial charge is 0.191 e. The maximum atomic E-state index is 6.07. The molecule has 0 aliphatic carbocycles. The number of nitrogens with zero attached hydrogens (tertiary/aromatic N) is 6. The zero-order valence-corrected chi connectivity index (χ0v) is 16.0. The highest BCUT2D eigenvalue weighted by atomic mass is 35.5. The van der Waals surface area contributed by atoms with Crippen LogP contribution < -0.4 is 0 Å². The van der Waals surface area contributed by atoms with Crippen LogP contribution in [0.4, 0.5) is 0 Å². The maximum Gasteiger partial charge on any atom is 0.191 e. The van der Waals surface area contributed by atoms with Gasteiger partial charge in [0.25, 0.3) is 0 Å². The highest BCUT2D eigenvalue weighted by molar-refractivity contribution is 7.98. The minimum absolute atomic E-state index is 0.697. The van der Waals surface area contributed by atoms with Crippen molar-refractivity contribution in [3.63, 3.8) is 0 Å². The highest BCUT2D eigenvalue weighted by Crippen LogP contribution is 2.27. The number of aromatic nitrogens is 6. The number of benzene rings is 1. The van der Waals surface area contributed by atoms with Crippen LogP contribution in [0, 0.1) is 0 Å². The molecule has 0 atom stereocenters. The summed E-state index contributed by atoms with van der Waals surface area (Å²) in [6, 6.07) is 9.66. The van der Waals surface area contributed by atoms with Gasteiger partial charge >= 0.3 is 0 Å². The van der Waals surface area contributed by atoms with Gasteiger partial charge in [-0.1, -0.05) is 23.4 Å². The first kappa shape index (κ1) is 17.1.